The summed E-state index contributed by atoms with van der Waals surface area (Å²) in [6, 6.07) is 5.75. The van der Waals surface area contributed by atoms with E-state index in [9.17, 15) is 4.79 Å². The number of halogens is 1. The molecule has 5 nitrogen and oxygen atoms in total. The van der Waals surface area contributed by atoms with Gasteiger partial charge in [-0.3, -0.25) is 4.79 Å². The molecule has 1 amide bonds. The summed E-state index contributed by atoms with van der Waals surface area (Å²) in [5.41, 5.74) is 0.646. The molecule has 2 aliphatic heterocycles. The lowest BCUT2D eigenvalue weighted by molar-refractivity contribution is 0.0775. The van der Waals surface area contributed by atoms with E-state index < -0.39 is 0 Å². The van der Waals surface area contributed by atoms with Gasteiger partial charge in [0.25, 0.3) is 5.91 Å². The first-order valence-corrected chi connectivity index (χ1v) is 7.12. The fourth-order valence-electron chi connectivity index (χ4n) is 2.74. The van der Waals surface area contributed by atoms with E-state index in [1.165, 1.54) is 12.8 Å². The maximum Gasteiger partial charge on any atom is 0.253 e. The van der Waals surface area contributed by atoms with Crippen molar-refractivity contribution in [2.24, 2.45) is 0 Å². The van der Waals surface area contributed by atoms with Crippen molar-refractivity contribution in [3.05, 3.63) is 23.8 Å². The molecule has 0 spiro atoms. The predicted octanol–water partition coefficient (Wildman–Crippen LogP) is 2.05. The molecule has 0 bridgehead atoms. The molecule has 0 aliphatic carbocycles. The van der Waals surface area contributed by atoms with Crippen molar-refractivity contribution in [3.8, 4) is 11.5 Å². The van der Waals surface area contributed by atoms with E-state index in [-0.39, 0.29) is 25.1 Å². The van der Waals surface area contributed by atoms with Gasteiger partial charge in [-0.15, -0.1) is 12.4 Å². The zero-order valence-electron chi connectivity index (χ0n) is 12.1. The first-order chi connectivity index (χ1) is 9.74. The molecule has 6 heteroatoms. The topological polar surface area (TPSA) is 50.8 Å². The van der Waals surface area contributed by atoms with E-state index in [4.69, 9.17) is 9.47 Å². The molecule has 0 aromatic heterocycles. The normalized spacial score (nSPS) is 19.8. The van der Waals surface area contributed by atoms with Gasteiger partial charge < -0.3 is 19.7 Å². The lowest BCUT2D eigenvalue weighted by Crippen LogP contribution is -2.44. The molecule has 1 saturated heterocycles. The van der Waals surface area contributed by atoms with Crippen LogP contribution in [-0.2, 0) is 0 Å². The second-order valence-corrected chi connectivity index (χ2v) is 5.40. The molecule has 0 saturated carbocycles. The molecule has 116 valence electrons. The quantitative estimate of drug-likeness (QED) is 0.928. The van der Waals surface area contributed by atoms with E-state index in [1.807, 2.05) is 7.05 Å². The third-order valence-corrected chi connectivity index (χ3v) is 3.87. The SMILES string of the molecule is CN(CC1CCCCN1)C(=O)c1ccc2c(c1)OCO2.Cl. The Labute approximate surface area is 131 Å². The number of rotatable bonds is 3. The molecular formula is C15H21ClN2O3. The van der Waals surface area contributed by atoms with E-state index in [2.05, 4.69) is 5.32 Å². The Balaban J connectivity index is 0.00000161. The maximum absolute atomic E-state index is 12.4. The molecule has 0 radical (unpaired) electrons. The minimum atomic E-state index is 0. The molecule has 2 heterocycles. The van der Waals surface area contributed by atoms with Crippen LogP contribution in [0.15, 0.2) is 18.2 Å². The van der Waals surface area contributed by atoms with Crippen LogP contribution in [0.3, 0.4) is 0 Å². The van der Waals surface area contributed by atoms with Crippen molar-refractivity contribution in [2.75, 3.05) is 26.9 Å². The highest BCUT2D eigenvalue weighted by Gasteiger charge is 2.21. The van der Waals surface area contributed by atoms with Crippen LogP contribution in [0.4, 0.5) is 0 Å². The molecule has 1 aromatic carbocycles. The Bertz CT molecular complexity index is 504. The molecule has 1 N–H and O–H groups in total. The smallest absolute Gasteiger partial charge is 0.253 e. The Morgan fingerprint density at radius 3 is 2.90 bits per heavy atom. The Kier molecular flexibility index (Phi) is 5.31. The Hall–Kier alpha value is -1.46. The molecule has 3 rings (SSSR count). The van der Waals surface area contributed by atoms with Crippen molar-refractivity contribution in [1.29, 1.82) is 0 Å². The maximum atomic E-state index is 12.4. The number of ether oxygens (including phenoxy) is 2. The third kappa shape index (κ3) is 3.60. The number of fused-ring (bicyclic) bond motifs is 1. The average molecular weight is 313 g/mol. The van der Waals surface area contributed by atoms with Crippen molar-refractivity contribution in [1.82, 2.24) is 10.2 Å². The summed E-state index contributed by atoms with van der Waals surface area (Å²) in [5.74, 6) is 1.38. The minimum absolute atomic E-state index is 0. The average Bonchev–Trinajstić information content (AvgIpc) is 2.94. The molecule has 21 heavy (non-hydrogen) atoms. The van der Waals surface area contributed by atoms with Crippen LogP contribution >= 0.6 is 12.4 Å². The van der Waals surface area contributed by atoms with Gasteiger partial charge in [0.1, 0.15) is 0 Å². The lowest BCUT2D eigenvalue weighted by atomic mass is 10.0. The van der Waals surface area contributed by atoms with Crippen molar-refractivity contribution in [3.63, 3.8) is 0 Å². The number of carbonyl (C=O) groups is 1. The number of piperidine rings is 1. The zero-order valence-corrected chi connectivity index (χ0v) is 12.9. The molecule has 1 aromatic rings. The number of benzene rings is 1. The summed E-state index contributed by atoms with van der Waals surface area (Å²) in [5, 5.41) is 3.46. The summed E-state index contributed by atoms with van der Waals surface area (Å²) >= 11 is 0. The van der Waals surface area contributed by atoms with Gasteiger partial charge in [0, 0.05) is 25.2 Å². The van der Waals surface area contributed by atoms with Gasteiger partial charge in [-0.25, -0.2) is 0 Å². The zero-order chi connectivity index (χ0) is 13.9. The van der Waals surface area contributed by atoms with Crippen LogP contribution in [0.2, 0.25) is 0 Å². The second kappa shape index (κ2) is 7.00. The summed E-state index contributed by atoms with van der Waals surface area (Å²) in [7, 11) is 1.85. The third-order valence-electron chi connectivity index (χ3n) is 3.87. The largest absolute Gasteiger partial charge is 0.454 e. The van der Waals surface area contributed by atoms with Crippen molar-refractivity contribution < 1.29 is 14.3 Å². The van der Waals surface area contributed by atoms with Gasteiger partial charge in [0.2, 0.25) is 6.79 Å². The lowest BCUT2D eigenvalue weighted by Gasteiger charge is -2.28. The van der Waals surface area contributed by atoms with Gasteiger partial charge in [0.15, 0.2) is 11.5 Å². The van der Waals surface area contributed by atoms with Crippen LogP contribution in [0, 0.1) is 0 Å². The number of amides is 1. The van der Waals surface area contributed by atoms with Crippen molar-refractivity contribution in [2.45, 2.75) is 25.3 Å². The highest BCUT2D eigenvalue weighted by Crippen LogP contribution is 2.32. The number of carbonyl (C=O) groups excluding carboxylic acids is 1. The fourth-order valence-corrected chi connectivity index (χ4v) is 2.74. The number of nitrogens with one attached hydrogen (secondary N) is 1. The number of hydrogen-bond donors (Lipinski definition) is 1. The van der Waals surface area contributed by atoms with Gasteiger partial charge in [-0.05, 0) is 37.6 Å². The standard InChI is InChI=1S/C15H20N2O3.ClH/c1-17(9-12-4-2-3-7-16-12)15(18)11-5-6-13-14(8-11)20-10-19-13;/h5-6,8,12,16H,2-4,7,9-10H2,1H3;1H. The molecule has 2 aliphatic rings. The summed E-state index contributed by atoms with van der Waals surface area (Å²) in [6.45, 7) is 2.03. The van der Waals surface area contributed by atoms with Crippen LogP contribution in [0.25, 0.3) is 0 Å². The van der Waals surface area contributed by atoms with E-state index in [0.717, 1.165) is 19.5 Å². The van der Waals surface area contributed by atoms with Crippen LogP contribution in [0.1, 0.15) is 29.6 Å². The second-order valence-electron chi connectivity index (χ2n) is 5.40. The molecule has 1 unspecified atom stereocenters. The van der Waals surface area contributed by atoms with Gasteiger partial charge in [-0.1, -0.05) is 6.42 Å². The monoisotopic (exact) mass is 312 g/mol. The Morgan fingerprint density at radius 1 is 1.33 bits per heavy atom. The van der Waals surface area contributed by atoms with Gasteiger partial charge in [0.05, 0.1) is 0 Å². The predicted molar refractivity (Wildman–Crippen MR) is 82.4 cm³/mol. The van der Waals surface area contributed by atoms with Crippen LogP contribution in [0.5, 0.6) is 11.5 Å². The number of likely N-dealkylation sites (N-methyl/N-ethyl adjacent to an activating group) is 1. The van der Waals surface area contributed by atoms with Crippen LogP contribution < -0.4 is 14.8 Å². The molecule has 1 atom stereocenters. The minimum Gasteiger partial charge on any atom is -0.454 e. The van der Waals surface area contributed by atoms with Gasteiger partial charge in [-0.2, -0.15) is 0 Å². The number of nitrogens with zero attached hydrogens (tertiary/aromatic N) is 1. The summed E-state index contributed by atoms with van der Waals surface area (Å²) in [6.07, 6.45) is 3.61. The first kappa shape index (κ1) is 15.9. The fraction of sp³-hybridized carbons (Fsp3) is 0.533. The Morgan fingerprint density at radius 2 is 2.14 bits per heavy atom. The van der Waals surface area contributed by atoms with E-state index >= 15 is 0 Å². The highest BCUT2D eigenvalue weighted by molar-refractivity contribution is 5.94. The summed E-state index contributed by atoms with van der Waals surface area (Å²) in [4.78, 5) is 14.2. The summed E-state index contributed by atoms with van der Waals surface area (Å²) < 4.78 is 10.6. The molecular weight excluding hydrogens is 292 g/mol. The van der Waals surface area contributed by atoms with E-state index in [0.29, 0.717) is 23.1 Å². The van der Waals surface area contributed by atoms with Crippen molar-refractivity contribution >= 4 is 18.3 Å². The van der Waals surface area contributed by atoms with Gasteiger partial charge >= 0.3 is 0 Å². The molecule has 1 fully saturated rings. The highest BCUT2D eigenvalue weighted by atomic mass is 35.5. The van der Waals surface area contributed by atoms with Crippen LogP contribution in [-0.4, -0.2) is 43.8 Å². The first-order valence-electron chi connectivity index (χ1n) is 7.12. The number of hydrogen-bond acceptors (Lipinski definition) is 4. The van der Waals surface area contributed by atoms with E-state index in [1.54, 1.807) is 23.1 Å².